The Balaban J connectivity index is 2.30. The number of hydrogen-bond donors (Lipinski definition) is 1. The molecule has 1 atom stereocenters. The van der Waals surface area contributed by atoms with Crippen LogP contribution in [0.4, 0.5) is 4.39 Å². The fourth-order valence-electron chi connectivity index (χ4n) is 2.07. The minimum absolute atomic E-state index is 0.00243. The number of nitrogens with two attached hydrogens (primary N) is 1. The van der Waals surface area contributed by atoms with Gasteiger partial charge in [-0.15, -0.1) is 0 Å². The predicted octanol–water partition coefficient (Wildman–Crippen LogP) is 1.69. The van der Waals surface area contributed by atoms with Crippen LogP contribution in [-0.4, -0.2) is 19.8 Å². The fourth-order valence-corrected chi connectivity index (χ4v) is 2.07. The first-order chi connectivity index (χ1) is 7.19. The van der Waals surface area contributed by atoms with Gasteiger partial charge < -0.3 is 10.5 Å². The number of halogens is 1. The quantitative estimate of drug-likeness (QED) is 0.822. The van der Waals surface area contributed by atoms with Crippen LogP contribution >= 0.6 is 0 Å². The van der Waals surface area contributed by atoms with Gasteiger partial charge >= 0.3 is 0 Å². The van der Waals surface area contributed by atoms with E-state index in [-0.39, 0.29) is 11.2 Å². The second-order valence-corrected chi connectivity index (χ2v) is 4.29. The van der Waals surface area contributed by atoms with Crippen molar-refractivity contribution in [2.24, 2.45) is 11.7 Å². The summed E-state index contributed by atoms with van der Waals surface area (Å²) in [5.74, 6) is 0.159. The van der Waals surface area contributed by atoms with E-state index in [2.05, 4.69) is 6.92 Å². The number of ether oxygens (including phenoxy) is 1. The molecule has 1 aromatic rings. The summed E-state index contributed by atoms with van der Waals surface area (Å²) in [6.07, 6.45) is 0. The molecule has 3 heteroatoms. The second kappa shape index (κ2) is 3.91. The lowest BCUT2D eigenvalue weighted by atomic mass is 9.69. The van der Waals surface area contributed by atoms with Crippen molar-refractivity contribution in [2.75, 3.05) is 19.8 Å². The molecular weight excluding hydrogens is 193 g/mol. The van der Waals surface area contributed by atoms with Gasteiger partial charge in [0.15, 0.2) is 0 Å². The third kappa shape index (κ3) is 1.66. The topological polar surface area (TPSA) is 35.2 Å². The third-order valence-corrected chi connectivity index (χ3v) is 3.44. The van der Waals surface area contributed by atoms with Gasteiger partial charge in [0.2, 0.25) is 0 Å². The monoisotopic (exact) mass is 209 g/mol. The molecule has 1 aromatic carbocycles. The summed E-state index contributed by atoms with van der Waals surface area (Å²) in [4.78, 5) is 0. The van der Waals surface area contributed by atoms with Crippen LogP contribution in [0.3, 0.4) is 0 Å². The van der Waals surface area contributed by atoms with Gasteiger partial charge in [-0.1, -0.05) is 19.1 Å². The number of rotatable bonds is 3. The molecule has 0 radical (unpaired) electrons. The van der Waals surface area contributed by atoms with Crippen LogP contribution in [0.2, 0.25) is 0 Å². The molecule has 2 nitrogen and oxygen atoms in total. The lowest BCUT2D eigenvalue weighted by Gasteiger charge is -2.46. The molecule has 0 aliphatic carbocycles. The van der Waals surface area contributed by atoms with Crippen molar-refractivity contribution in [3.05, 3.63) is 35.6 Å². The van der Waals surface area contributed by atoms with Crippen molar-refractivity contribution in [1.29, 1.82) is 0 Å². The van der Waals surface area contributed by atoms with Crippen LogP contribution in [0.25, 0.3) is 0 Å². The van der Waals surface area contributed by atoms with Crippen molar-refractivity contribution < 1.29 is 9.13 Å². The largest absolute Gasteiger partial charge is 0.379 e. The van der Waals surface area contributed by atoms with Gasteiger partial charge in [-0.3, -0.25) is 0 Å². The Morgan fingerprint density at radius 2 is 2.00 bits per heavy atom. The summed E-state index contributed by atoms with van der Waals surface area (Å²) in [6.45, 7) is 4.13. The molecule has 0 aromatic heterocycles. The molecule has 1 aliphatic rings. The van der Waals surface area contributed by atoms with E-state index in [1.54, 1.807) is 0 Å². The highest BCUT2D eigenvalue weighted by Gasteiger charge is 2.44. The zero-order valence-electron chi connectivity index (χ0n) is 8.87. The Bertz CT molecular complexity index is 332. The fraction of sp³-hybridized carbons (Fsp3) is 0.500. The molecule has 2 N–H and O–H groups in total. The van der Waals surface area contributed by atoms with E-state index in [9.17, 15) is 4.39 Å². The molecule has 2 rings (SSSR count). The van der Waals surface area contributed by atoms with Crippen LogP contribution in [0, 0.1) is 11.7 Å². The lowest BCUT2D eigenvalue weighted by molar-refractivity contribution is -0.0854. The van der Waals surface area contributed by atoms with Crippen LogP contribution < -0.4 is 5.73 Å². The Morgan fingerprint density at radius 1 is 1.40 bits per heavy atom. The standard InChI is InChI=1S/C12H16FNO/c1-9(6-14)12(7-15-8-12)10-2-4-11(13)5-3-10/h2-5,9H,6-8,14H2,1H3. The van der Waals surface area contributed by atoms with Gasteiger partial charge in [-0.2, -0.15) is 0 Å². The summed E-state index contributed by atoms with van der Waals surface area (Å²) in [7, 11) is 0. The first-order valence-electron chi connectivity index (χ1n) is 5.23. The van der Waals surface area contributed by atoms with Gasteiger partial charge in [-0.05, 0) is 30.2 Å². The SMILES string of the molecule is CC(CN)C1(c2ccc(F)cc2)COC1. The highest BCUT2D eigenvalue weighted by molar-refractivity contribution is 5.29. The molecule has 15 heavy (non-hydrogen) atoms. The van der Waals surface area contributed by atoms with Gasteiger partial charge in [-0.25, -0.2) is 4.39 Å². The summed E-state index contributed by atoms with van der Waals surface area (Å²) < 4.78 is 18.1. The average molecular weight is 209 g/mol. The Labute approximate surface area is 89.2 Å². The highest BCUT2D eigenvalue weighted by Crippen LogP contribution is 2.38. The molecule has 1 heterocycles. The minimum Gasteiger partial charge on any atom is -0.379 e. The Kier molecular flexibility index (Phi) is 2.76. The smallest absolute Gasteiger partial charge is 0.123 e. The maximum Gasteiger partial charge on any atom is 0.123 e. The van der Waals surface area contributed by atoms with E-state index >= 15 is 0 Å². The molecule has 1 unspecified atom stereocenters. The Morgan fingerprint density at radius 3 is 2.40 bits per heavy atom. The maximum absolute atomic E-state index is 12.8. The van der Waals surface area contributed by atoms with Crippen LogP contribution in [0.15, 0.2) is 24.3 Å². The third-order valence-electron chi connectivity index (χ3n) is 3.44. The lowest BCUT2D eigenvalue weighted by Crippen LogP contribution is -2.53. The molecule has 1 aliphatic heterocycles. The summed E-state index contributed by atoms with van der Waals surface area (Å²) in [6, 6.07) is 6.67. The van der Waals surface area contributed by atoms with Gasteiger partial charge in [0, 0.05) is 5.41 Å². The normalized spacial score (nSPS) is 20.7. The van der Waals surface area contributed by atoms with E-state index in [0.717, 1.165) is 5.56 Å². The predicted molar refractivity (Wildman–Crippen MR) is 57.1 cm³/mol. The average Bonchev–Trinajstić information content (AvgIpc) is 2.19. The number of benzene rings is 1. The van der Waals surface area contributed by atoms with Crippen molar-refractivity contribution in [2.45, 2.75) is 12.3 Å². The van der Waals surface area contributed by atoms with E-state index in [0.29, 0.717) is 25.7 Å². The van der Waals surface area contributed by atoms with Crippen LogP contribution in [0.1, 0.15) is 12.5 Å². The molecule has 0 bridgehead atoms. The summed E-state index contributed by atoms with van der Waals surface area (Å²) in [5, 5.41) is 0. The van der Waals surface area contributed by atoms with Gasteiger partial charge in [0.1, 0.15) is 5.82 Å². The van der Waals surface area contributed by atoms with Crippen molar-refractivity contribution in [3.8, 4) is 0 Å². The van der Waals surface area contributed by atoms with Gasteiger partial charge in [0.25, 0.3) is 0 Å². The van der Waals surface area contributed by atoms with Crippen molar-refractivity contribution >= 4 is 0 Å². The van der Waals surface area contributed by atoms with E-state index < -0.39 is 0 Å². The molecule has 1 saturated heterocycles. The highest BCUT2D eigenvalue weighted by atomic mass is 19.1. The molecule has 0 spiro atoms. The summed E-state index contributed by atoms with van der Waals surface area (Å²) in [5.41, 5.74) is 6.84. The number of hydrogen-bond acceptors (Lipinski definition) is 2. The molecular formula is C12H16FNO. The minimum atomic E-state index is -0.199. The maximum atomic E-state index is 12.8. The molecule has 1 fully saturated rings. The van der Waals surface area contributed by atoms with Crippen molar-refractivity contribution in [1.82, 2.24) is 0 Å². The van der Waals surface area contributed by atoms with Crippen molar-refractivity contribution in [3.63, 3.8) is 0 Å². The second-order valence-electron chi connectivity index (χ2n) is 4.29. The Hall–Kier alpha value is -0.930. The zero-order valence-corrected chi connectivity index (χ0v) is 8.87. The van der Waals surface area contributed by atoms with Crippen LogP contribution in [-0.2, 0) is 10.2 Å². The molecule has 0 saturated carbocycles. The molecule has 0 amide bonds. The summed E-state index contributed by atoms with van der Waals surface area (Å²) >= 11 is 0. The first kappa shape index (κ1) is 10.6. The van der Waals surface area contributed by atoms with E-state index in [1.807, 2.05) is 12.1 Å². The van der Waals surface area contributed by atoms with E-state index in [4.69, 9.17) is 10.5 Å². The molecule has 82 valence electrons. The van der Waals surface area contributed by atoms with Crippen LogP contribution in [0.5, 0.6) is 0 Å². The zero-order chi connectivity index (χ0) is 10.9. The van der Waals surface area contributed by atoms with E-state index in [1.165, 1.54) is 12.1 Å². The first-order valence-corrected chi connectivity index (χ1v) is 5.23. The van der Waals surface area contributed by atoms with Gasteiger partial charge in [0.05, 0.1) is 13.2 Å².